The van der Waals surface area contributed by atoms with Crippen LogP contribution in [0.3, 0.4) is 0 Å². The molecule has 0 radical (unpaired) electrons. The van der Waals surface area contributed by atoms with Gasteiger partial charge in [-0.15, -0.1) is 11.3 Å². The number of thiophene rings is 1. The highest BCUT2D eigenvalue weighted by Gasteiger charge is 2.34. The Hall–Kier alpha value is -1.71. The van der Waals surface area contributed by atoms with Crippen LogP contribution in [0.5, 0.6) is 0 Å². The van der Waals surface area contributed by atoms with Crippen LogP contribution in [0, 0.1) is 12.8 Å². The number of sulfonamides is 1. The second kappa shape index (κ2) is 7.50. The molecule has 0 unspecified atom stereocenters. The van der Waals surface area contributed by atoms with Crippen molar-refractivity contribution >= 4 is 33.1 Å². The van der Waals surface area contributed by atoms with Gasteiger partial charge < -0.3 is 5.32 Å². The summed E-state index contributed by atoms with van der Waals surface area (Å²) in [5.41, 5.74) is 0.833. The summed E-state index contributed by atoms with van der Waals surface area (Å²) in [5.74, 6) is 0.132. The van der Waals surface area contributed by atoms with E-state index in [1.54, 1.807) is 22.2 Å². The van der Waals surface area contributed by atoms with Crippen molar-refractivity contribution in [3.63, 3.8) is 0 Å². The number of anilines is 1. The third kappa shape index (κ3) is 3.84. The predicted molar refractivity (Wildman–Crippen MR) is 102 cm³/mol. The van der Waals surface area contributed by atoms with Gasteiger partial charge >= 0.3 is 0 Å². The lowest BCUT2D eigenvalue weighted by Crippen LogP contribution is -2.43. The molecule has 1 saturated heterocycles. The normalized spacial score (nSPS) is 19.0. The van der Waals surface area contributed by atoms with Crippen LogP contribution in [-0.4, -0.2) is 41.5 Å². The van der Waals surface area contributed by atoms with Gasteiger partial charge in [0.25, 0.3) is 10.0 Å². The molecule has 2 aromatic rings. The standard InChI is InChI=1S/C17H24N4O3S2/c1-12(2)21-15(10-13(3)19-21)18-17(22)14-6-4-8-20(11-14)26(23,24)16-7-5-9-25-16/h5,7,9-10,12,14H,4,6,8,11H2,1-3H3,(H,18,22)/t14-/m0/s1. The number of carbonyl (C=O) groups excluding carboxylic acids is 1. The smallest absolute Gasteiger partial charge is 0.252 e. The summed E-state index contributed by atoms with van der Waals surface area (Å²) < 4.78 is 29.0. The fourth-order valence-corrected chi connectivity index (χ4v) is 5.81. The van der Waals surface area contributed by atoms with Gasteiger partial charge in [0.05, 0.1) is 11.6 Å². The van der Waals surface area contributed by atoms with Crippen LogP contribution in [0.25, 0.3) is 0 Å². The molecule has 1 aliphatic heterocycles. The molecule has 1 atom stereocenters. The summed E-state index contributed by atoms with van der Waals surface area (Å²) in [7, 11) is -3.52. The van der Waals surface area contributed by atoms with Gasteiger partial charge in [-0.2, -0.15) is 9.40 Å². The van der Waals surface area contributed by atoms with E-state index >= 15 is 0 Å². The summed E-state index contributed by atoms with van der Waals surface area (Å²) >= 11 is 1.20. The van der Waals surface area contributed by atoms with Gasteiger partial charge in [0, 0.05) is 25.2 Å². The van der Waals surface area contributed by atoms with Gasteiger partial charge in [0.2, 0.25) is 5.91 Å². The molecule has 1 fully saturated rings. The zero-order valence-electron chi connectivity index (χ0n) is 15.2. The number of aromatic nitrogens is 2. The van der Waals surface area contributed by atoms with E-state index in [4.69, 9.17) is 0 Å². The lowest BCUT2D eigenvalue weighted by Gasteiger charge is -2.30. The van der Waals surface area contributed by atoms with Gasteiger partial charge in [0.1, 0.15) is 10.0 Å². The number of aryl methyl sites for hydroxylation is 1. The lowest BCUT2D eigenvalue weighted by atomic mass is 9.99. The van der Waals surface area contributed by atoms with Crippen molar-refractivity contribution < 1.29 is 13.2 Å². The van der Waals surface area contributed by atoms with Gasteiger partial charge in [-0.05, 0) is 45.1 Å². The minimum atomic E-state index is -3.52. The van der Waals surface area contributed by atoms with Crippen LogP contribution in [0.1, 0.15) is 38.4 Å². The molecule has 1 aliphatic rings. The Morgan fingerprint density at radius 3 is 2.85 bits per heavy atom. The molecule has 9 heteroatoms. The zero-order chi connectivity index (χ0) is 18.9. The second-order valence-electron chi connectivity index (χ2n) is 6.83. The lowest BCUT2D eigenvalue weighted by molar-refractivity contribution is -0.120. The largest absolute Gasteiger partial charge is 0.311 e. The van der Waals surface area contributed by atoms with E-state index in [-0.39, 0.29) is 24.4 Å². The first kappa shape index (κ1) is 19.1. The van der Waals surface area contributed by atoms with Crippen molar-refractivity contribution in [2.24, 2.45) is 5.92 Å². The molecule has 2 aromatic heterocycles. The second-order valence-corrected chi connectivity index (χ2v) is 9.95. The Morgan fingerprint density at radius 1 is 1.42 bits per heavy atom. The molecule has 0 spiro atoms. The number of nitrogens with one attached hydrogen (secondary N) is 1. The minimum Gasteiger partial charge on any atom is -0.311 e. The maximum Gasteiger partial charge on any atom is 0.252 e. The average Bonchev–Trinajstić information content (AvgIpc) is 3.25. The van der Waals surface area contributed by atoms with Crippen molar-refractivity contribution in [2.75, 3.05) is 18.4 Å². The molecule has 0 saturated carbocycles. The Balaban J connectivity index is 1.73. The molecule has 142 valence electrons. The summed E-state index contributed by atoms with van der Waals surface area (Å²) in [6.45, 7) is 6.54. The molecule has 0 aromatic carbocycles. The maximum absolute atomic E-state index is 12.7. The molecule has 7 nitrogen and oxygen atoms in total. The zero-order valence-corrected chi connectivity index (χ0v) is 16.8. The van der Waals surface area contributed by atoms with Crippen LogP contribution < -0.4 is 5.32 Å². The molecule has 1 amide bonds. The SMILES string of the molecule is Cc1cc(NC(=O)[C@H]2CCCN(S(=O)(=O)c3cccs3)C2)n(C(C)C)n1. The molecule has 26 heavy (non-hydrogen) atoms. The first-order valence-electron chi connectivity index (χ1n) is 8.69. The Bertz CT molecular complexity index is 872. The number of hydrogen-bond donors (Lipinski definition) is 1. The van der Waals surface area contributed by atoms with Crippen LogP contribution >= 0.6 is 11.3 Å². The number of hydrogen-bond acceptors (Lipinski definition) is 5. The van der Waals surface area contributed by atoms with Crippen molar-refractivity contribution in [2.45, 2.75) is 43.9 Å². The van der Waals surface area contributed by atoms with Gasteiger partial charge in [-0.1, -0.05) is 6.07 Å². The number of carbonyl (C=O) groups is 1. The molecular formula is C17H24N4O3S2. The predicted octanol–water partition coefficient (Wildman–Crippen LogP) is 2.87. The van der Waals surface area contributed by atoms with Crippen molar-refractivity contribution in [1.29, 1.82) is 0 Å². The summed E-state index contributed by atoms with van der Waals surface area (Å²) in [6, 6.07) is 5.29. The number of nitrogens with zero attached hydrogens (tertiary/aromatic N) is 3. The van der Waals surface area contributed by atoms with E-state index in [0.717, 1.165) is 5.69 Å². The molecule has 3 rings (SSSR count). The van der Waals surface area contributed by atoms with Crippen LogP contribution in [-0.2, 0) is 14.8 Å². The molecular weight excluding hydrogens is 372 g/mol. The number of rotatable bonds is 5. The van der Waals surface area contributed by atoms with Crippen molar-refractivity contribution in [3.05, 3.63) is 29.3 Å². The molecule has 1 N–H and O–H groups in total. The molecule has 0 aliphatic carbocycles. The van der Waals surface area contributed by atoms with Crippen LogP contribution in [0.15, 0.2) is 27.8 Å². The molecule has 0 bridgehead atoms. The fourth-order valence-electron chi connectivity index (χ4n) is 3.14. The van der Waals surface area contributed by atoms with E-state index in [1.807, 2.05) is 26.8 Å². The van der Waals surface area contributed by atoms with E-state index in [0.29, 0.717) is 29.4 Å². The third-order valence-electron chi connectivity index (χ3n) is 4.44. The van der Waals surface area contributed by atoms with Gasteiger partial charge in [0.15, 0.2) is 0 Å². The van der Waals surface area contributed by atoms with E-state index in [2.05, 4.69) is 10.4 Å². The highest BCUT2D eigenvalue weighted by molar-refractivity contribution is 7.91. The van der Waals surface area contributed by atoms with E-state index in [1.165, 1.54) is 15.6 Å². The summed E-state index contributed by atoms with van der Waals surface area (Å²) in [4.78, 5) is 12.7. The summed E-state index contributed by atoms with van der Waals surface area (Å²) in [5, 5.41) is 9.07. The monoisotopic (exact) mass is 396 g/mol. The van der Waals surface area contributed by atoms with E-state index < -0.39 is 10.0 Å². The Labute approximate surface area is 158 Å². The minimum absolute atomic E-state index is 0.126. The van der Waals surface area contributed by atoms with Crippen LogP contribution in [0.4, 0.5) is 5.82 Å². The maximum atomic E-state index is 12.7. The van der Waals surface area contributed by atoms with Crippen LogP contribution in [0.2, 0.25) is 0 Å². The number of amides is 1. The molecule has 3 heterocycles. The Morgan fingerprint density at radius 2 is 2.19 bits per heavy atom. The topological polar surface area (TPSA) is 84.3 Å². The summed E-state index contributed by atoms with van der Waals surface area (Å²) in [6.07, 6.45) is 1.35. The van der Waals surface area contributed by atoms with Crippen molar-refractivity contribution in [1.82, 2.24) is 14.1 Å². The Kier molecular flexibility index (Phi) is 5.50. The first-order chi connectivity index (χ1) is 12.3. The van der Waals surface area contributed by atoms with Crippen molar-refractivity contribution in [3.8, 4) is 0 Å². The highest BCUT2D eigenvalue weighted by Crippen LogP contribution is 2.27. The van der Waals surface area contributed by atoms with Gasteiger partial charge in [-0.25, -0.2) is 13.1 Å². The quantitative estimate of drug-likeness (QED) is 0.842. The number of piperidine rings is 1. The highest BCUT2D eigenvalue weighted by atomic mass is 32.2. The van der Waals surface area contributed by atoms with E-state index in [9.17, 15) is 13.2 Å². The third-order valence-corrected chi connectivity index (χ3v) is 7.68. The van der Waals surface area contributed by atoms with Gasteiger partial charge in [-0.3, -0.25) is 4.79 Å². The average molecular weight is 397 g/mol. The fraction of sp³-hybridized carbons (Fsp3) is 0.529. The first-order valence-corrected chi connectivity index (χ1v) is 11.0.